The monoisotopic (exact) mass is 475 g/mol. The lowest BCUT2D eigenvalue weighted by atomic mass is 10.1. The van der Waals surface area contributed by atoms with Crippen molar-refractivity contribution in [3.8, 4) is 0 Å². The number of benzene rings is 3. The molecule has 5 nitrogen and oxygen atoms in total. The second-order valence-electron chi connectivity index (χ2n) is 7.99. The Labute approximate surface area is 203 Å². The SMILES string of the molecule is O=C(NCCc1ccccc1)C1CC(=O)N(CCc2ccccc2)C(=Nc2ccc(F)cc2)S1. The molecule has 1 N–H and O–H groups in total. The van der Waals surface area contributed by atoms with E-state index in [2.05, 4.69) is 10.3 Å². The molecule has 1 saturated heterocycles. The van der Waals surface area contributed by atoms with Crippen molar-refractivity contribution in [1.82, 2.24) is 10.2 Å². The van der Waals surface area contributed by atoms with E-state index in [1.807, 2.05) is 60.7 Å². The fourth-order valence-corrected chi connectivity index (χ4v) is 4.81. The number of nitrogens with zero attached hydrogens (tertiary/aromatic N) is 2. The molecule has 1 fully saturated rings. The summed E-state index contributed by atoms with van der Waals surface area (Å²) < 4.78 is 13.4. The Balaban J connectivity index is 1.46. The first-order valence-corrected chi connectivity index (χ1v) is 12.1. The molecule has 1 aliphatic heterocycles. The van der Waals surface area contributed by atoms with Gasteiger partial charge in [-0.3, -0.25) is 14.5 Å². The molecule has 3 aromatic carbocycles. The number of thioether (sulfide) groups is 1. The summed E-state index contributed by atoms with van der Waals surface area (Å²) in [5, 5.41) is 2.85. The molecular weight excluding hydrogens is 449 g/mol. The largest absolute Gasteiger partial charge is 0.355 e. The quantitative estimate of drug-likeness (QED) is 0.512. The highest BCUT2D eigenvalue weighted by molar-refractivity contribution is 8.15. The first-order valence-electron chi connectivity index (χ1n) is 11.3. The Morgan fingerprint density at radius 1 is 0.941 bits per heavy atom. The van der Waals surface area contributed by atoms with Crippen LogP contribution in [-0.2, 0) is 22.4 Å². The normalized spacial score (nSPS) is 17.1. The standard InChI is InChI=1S/C27H26FN3O2S/c28-22-11-13-23(14-12-22)30-27-31(18-16-21-9-5-2-6-10-21)25(32)19-24(34-27)26(33)29-17-15-20-7-3-1-4-8-20/h1-14,24H,15-19H2,(H,29,33). The average Bonchev–Trinajstić information content (AvgIpc) is 2.86. The lowest BCUT2D eigenvalue weighted by Gasteiger charge is -2.32. The maximum Gasteiger partial charge on any atom is 0.234 e. The van der Waals surface area contributed by atoms with Gasteiger partial charge >= 0.3 is 0 Å². The van der Waals surface area contributed by atoms with E-state index in [0.717, 1.165) is 17.5 Å². The molecule has 1 unspecified atom stereocenters. The van der Waals surface area contributed by atoms with Gasteiger partial charge in [0.05, 0.1) is 10.9 Å². The van der Waals surface area contributed by atoms with Gasteiger partial charge in [0.1, 0.15) is 5.82 Å². The summed E-state index contributed by atoms with van der Waals surface area (Å²) in [5.74, 6) is -0.671. The highest BCUT2D eigenvalue weighted by atomic mass is 32.2. The lowest BCUT2D eigenvalue weighted by molar-refractivity contribution is -0.130. The number of aliphatic imine (C=N–C) groups is 1. The first kappa shape index (κ1) is 23.7. The molecule has 0 bridgehead atoms. The van der Waals surface area contributed by atoms with Crippen molar-refractivity contribution in [3.63, 3.8) is 0 Å². The maximum atomic E-state index is 13.4. The maximum absolute atomic E-state index is 13.4. The van der Waals surface area contributed by atoms with Crippen LogP contribution in [0.1, 0.15) is 17.5 Å². The molecule has 0 saturated carbocycles. The molecule has 34 heavy (non-hydrogen) atoms. The van der Waals surface area contributed by atoms with Crippen LogP contribution in [0.2, 0.25) is 0 Å². The first-order chi connectivity index (χ1) is 16.6. The van der Waals surface area contributed by atoms with Crippen LogP contribution in [0.25, 0.3) is 0 Å². The zero-order valence-electron chi connectivity index (χ0n) is 18.7. The van der Waals surface area contributed by atoms with Gasteiger partial charge in [0.25, 0.3) is 0 Å². The van der Waals surface area contributed by atoms with Crippen LogP contribution in [0.4, 0.5) is 10.1 Å². The Morgan fingerprint density at radius 2 is 1.56 bits per heavy atom. The summed E-state index contributed by atoms with van der Waals surface area (Å²) in [6, 6.07) is 25.6. The summed E-state index contributed by atoms with van der Waals surface area (Å²) in [6.07, 6.45) is 1.50. The molecule has 7 heteroatoms. The zero-order chi connectivity index (χ0) is 23.8. The van der Waals surface area contributed by atoms with Crippen molar-refractivity contribution in [3.05, 3.63) is 102 Å². The third-order valence-corrected chi connectivity index (χ3v) is 6.69. The van der Waals surface area contributed by atoms with Gasteiger partial charge < -0.3 is 5.32 Å². The lowest BCUT2D eigenvalue weighted by Crippen LogP contribution is -2.47. The Morgan fingerprint density at radius 3 is 2.21 bits per heavy atom. The smallest absolute Gasteiger partial charge is 0.234 e. The molecule has 3 aromatic rings. The van der Waals surface area contributed by atoms with E-state index in [-0.39, 0.29) is 24.1 Å². The summed E-state index contributed by atoms with van der Waals surface area (Å²) in [7, 11) is 0. The van der Waals surface area contributed by atoms with Gasteiger partial charge in [-0.05, 0) is 48.2 Å². The van der Waals surface area contributed by atoms with Crippen molar-refractivity contribution < 1.29 is 14.0 Å². The minimum absolute atomic E-state index is 0.110. The molecule has 0 spiro atoms. The van der Waals surface area contributed by atoms with Gasteiger partial charge in [-0.25, -0.2) is 9.38 Å². The Kier molecular flexibility index (Phi) is 8.09. The zero-order valence-corrected chi connectivity index (χ0v) is 19.5. The second kappa shape index (κ2) is 11.6. The highest BCUT2D eigenvalue weighted by Gasteiger charge is 2.35. The number of amidine groups is 1. The van der Waals surface area contributed by atoms with Crippen LogP contribution < -0.4 is 5.32 Å². The third kappa shape index (κ3) is 6.54. The average molecular weight is 476 g/mol. The van der Waals surface area contributed by atoms with Crippen molar-refractivity contribution >= 4 is 34.4 Å². The van der Waals surface area contributed by atoms with Crippen LogP contribution >= 0.6 is 11.8 Å². The fourth-order valence-electron chi connectivity index (χ4n) is 3.66. The van der Waals surface area contributed by atoms with Crippen molar-refractivity contribution in [2.24, 2.45) is 4.99 Å². The van der Waals surface area contributed by atoms with Crippen LogP contribution in [0.5, 0.6) is 0 Å². The summed E-state index contributed by atoms with van der Waals surface area (Å²) in [5.41, 5.74) is 2.79. The summed E-state index contributed by atoms with van der Waals surface area (Å²) >= 11 is 1.28. The van der Waals surface area contributed by atoms with E-state index in [9.17, 15) is 14.0 Å². The third-order valence-electron chi connectivity index (χ3n) is 5.51. The number of rotatable bonds is 8. The van der Waals surface area contributed by atoms with E-state index in [4.69, 9.17) is 0 Å². The van der Waals surface area contributed by atoms with E-state index in [0.29, 0.717) is 30.4 Å². The van der Waals surface area contributed by atoms with E-state index < -0.39 is 5.25 Å². The molecule has 0 radical (unpaired) electrons. The van der Waals surface area contributed by atoms with Crippen LogP contribution in [-0.4, -0.2) is 40.2 Å². The molecule has 1 aliphatic rings. The number of hydrogen-bond donors (Lipinski definition) is 1. The number of carbonyl (C=O) groups is 2. The van der Waals surface area contributed by atoms with Gasteiger partial charge in [0.15, 0.2) is 5.17 Å². The number of halogens is 1. The number of amides is 2. The molecule has 0 aromatic heterocycles. The van der Waals surface area contributed by atoms with Crippen LogP contribution in [0.15, 0.2) is 89.9 Å². The number of hydrogen-bond acceptors (Lipinski definition) is 4. The van der Waals surface area contributed by atoms with Crippen LogP contribution in [0.3, 0.4) is 0 Å². The second-order valence-corrected chi connectivity index (χ2v) is 9.16. The molecule has 1 heterocycles. The van der Waals surface area contributed by atoms with Crippen molar-refractivity contribution in [2.75, 3.05) is 13.1 Å². The Bertz CT molecular complexity index is 1140. The topological polar surface area (TPSA) is 61.8 Å². The Hall–Kier alpha value is -3.45. The van der Waals surface area contributed by atoms with Gasteiger partial charge in [0, 0.05) is 19.5 Å². The van der Waals surface area contributed by atoms with Crippen LogP contribution in [0, 0.1) is 5.82 Å². The van der Waals surface area contributed by atoms with Crippen molar-refractivity contribution in [1.29, 1.82) is 0 Å². The fraction of sp³-hybridized carbons (Fsp3) is 0.222. The van der Waals surface area contributed by atoms with Gasteiger partial charge in [-0.15, -0.1) is 0 Å². The van der Waals surface area contributed by atoms with E-state index >= 15 is 0 Å². The molecule has 1 atom stereocenters. The van der Waals surface area contributed by atoms with E-state index in [1.54, 1.807) is 17.0 Å². The van der Waals surface area contributed by atoms with Crippen molar-refractivity contribution in [2.45, 2.75) is 24.5 Å². The predicted molar refractivity (Wildman–Crippen MR) is 135 cm³/mol. The minimum atomic E-state index is -0.560. The molecular formula is C27H26FN3O2S. The van der Waals surface area contributed by atoms with E-state index in [1.165, 1.54) is 23.9 Å². The molecule has 4 rings (SSSR count). The predicted octanol–water partition coefficient (Wildman–Crippen LogP) is 4.75. The van der Waals surface area contributed by atoms with Gasteiger partial charge in [-0.1, -0.05) is 72.4 Å². The highest BCUT2D eigenvalue weighted by Crippen LogP contribution is 2.29. The number of carbonyl (C=O) groups excluding carboxylic acids is 2. The molecule has 2 amide bonds. The molecule has 174 valence electrons. The minimum Gasteiger partial charge on any atom is -0.355 e. The molecule has 0 aliphatic carbocycles. The van der Waals surface area contributed by atoms with Gasteiger partial charge in [0.2, 0.25) is 11.8 Å². The summed E-state index contributed by atoms with van der Waals surface area (Å²) in [4.78, 5) is 32.2. The summed E-state index contributed by atoms with van der Waals surface area (Å²) in [6.45, 7) is 0.953. The number of nitrogens with one attached hydrogen (secondary N) is 1. The van der Waals surface area contributed by atoms with Gasteiger partial charge in [-0.2, -0.15) is 0 Å².